The summed E-state index contributed by atoms with van der Waals surface area (Å²) in [4.78, 5) is 38.1. The van der Waals surface area contributed by atoms with E-state index >= 15 is 0 Å². The second kappa shape index (κ2) is 67.9. The predicted molar refractivity (Wildman–Crippen MR) is 370 cm³/mol. The molecular weight excluding hydrogens is 1090 g/mol. The summed E-state index contributed by atoms with van der Waals surface area (Å²) in [5.41, 5.74) is 0. The zero-order chi connectivity index (χ0) is 62.6. The van der Waals surface area contributed by atoms with Crippen molar-refractivity contribution in [2.75, 3.05) is 47.5 Å². The Hall–Kier alpha value is -1.51. The van der Waals surface area contributed by atoms with Crippen LogP contribution in [0, 0.1) is 0 Å². The van der Waals surface area contributed by atoms with E-state index in [1.807, 2.05) is 21.1 Å². The normalized spacial score (nSPS) is 13.1. The minimum atomic E-state index is -4.64. The molecule has 86 heavy (non-hydrogen) atoms. The molecule has 0 aromatic carbocycles. The van der Waals surface area contributed by atoms with E-state index in [1.165, 1.54) is 327 Å². The summed E-state index contributed by atoms with van der Waals surface area (Å²) in [7, 11) is 1.19. The van der Waals surface area contributed by atoms with E-state index in [0.29, 0.717) is 17.4 Å². The molecule has 9 nitrogen and oxygen atoms in total. The number of phosphoric ester groups is 1. The van der Waals surface area contributed by atoms with Crippen molar-refractivity contribution in [2.45, 2.75) is 405 Å². The number of ether oxygens (including phenoxy) is 2. The lowest BCUT2D eigenvalue weighted by atomic mass is 10.0. The van der Waals surface area contributed by atoms with Gasteiger partial charge in [0.1, 0.15) is 19.8 Å². The van der Waals surface area contributed by atoms with Crippen molar-refractivity contribution in [2.24, 2.45) is 0 Å². The molecule has 510 valence electrons. The molecule has 0 heterocycles. The smallest absolute Gasteiger partial charge is 0.306 e. The molecule has 0 N–H and O–H groups in total. The van der Waals surface area contributed by atoms with E-state index in [2.05, 4.69) is 38.2 Å². The first-order chi connectivity index (χ1) is 42.0. The predicted octanol–water partition coefficient (Wildman–Crippen LogP) is 24.2. The highest BCUT2D eigenvalue weighted by atomic mass is 31.2. The van der Waals surface area contributed by atoms with E-state index < -0.39 is 26.5 Å². The van der Waals surface area contributed by atoms with Crippen LogP contribution in [0.5, 0.6) is 0 Å². The van der Waals surface area contributed by atoms with Crippen molar-refractivity contribution in [1.29, 1.82) is 0 Å². The van der Waals surface area contributed by atoms with Gasteiger partial charge in [-0.3, -0.25) is 14.2 Å². The van der Waals surface area contributed by atoms with E-state index in [0.717, 1.165) is 38.5 Å². The molecule has 0 aliphatic rings. The Morgan fingerprint density at radius 3 is 0.919 bits per heavy atom. The minimum Gasteiger partial charge on any atom is -0.756 e. The van der Waals surface area contributed by atoms with Gasteiger partial charge in [0.05, 0.1) is 27.7 Å². The van der Waals surface area contributed by atoms with Crippen LogP contribution in [-0.2, 0) is 32.7 Å². The SMILES string of the molecule is CCCCCCC/C=C\C/C=C\CCCCCCCCCCCCCCCCCCCCCCCCCC(=O)OC(COC(=O)CCCCCCCCCCCCCCCCCCCCCCCCCCCCC)COP(=O)([O-])OCC[N+](C)(C)C. The van der Waals surface area contributed by atoms with Gasteiger partial charge in [0, 0.05) is 12.8 Å². The number of carbonyl (C=O) groups is 2. The van der Waals surface area contributed by atoms with Crippen LogP contribution in [0.4, 0.5) is 0 Å². The molecule has 0 saturated heterocycles. The number of hydrogen-bond acceptors (Lipinski definition) is 8. The highest BCUT2D eigenvalue weighted by Gasteiger charge is 2.22. The lowest BCUT2D eigenvalue weighted by Crippen LogP contribution is -2.37. The van der Waals surface area contributed by atoms with Crippen LogP contribution < -0.4 is 4.89 Å². The van der Waals surface area contributed by atoms with Gasteiger partial charge in [0.25, 0.3) is 7.82 Å². The van der Waals surface area contributed by atoms with E-state index in [-0.39, 0.29) is 32.0 Å². The lowest BCUT2D eigenvalue weighted by molar-refractivity contribution is -0.870. The zero-order valence-electron chi connectivity index (χ0n) is 58.3. The average molecular weight is 1230 g/mol. The summed E-state index contributed by atoms with van der Waals surface area (Å²) in [6, 6.07) is 0. The van der Waals surface area contributed by atoms with Crippen molar-refractivity contribution in [3.63, 3.8) is 0 Å². The third kappa shape index (κ3) is 71.6. The Kier molecular flexibility index (Phi) is 66.7. The van der Waals surface area contributed by atoms with Crippen LogP contribution in [0.1, 0.15) is 399 Å². The van der Waals surface area contributed by atoms with Gasteiger partial charge >= 0.3 is 11.9 Å². The van der Waals surface area contributed by atoms with E-state index in [9.17, 15) is 19.0 Å². The van der Waals surface area contributed by atoms with Gasteiger partial charge in [-0.2, -0.15) is 0 Å². The number of rotatable bonds is 72. The van der Waals surface area contributed by atoms with Crippen molar-refractivity contribution in [3.05, 3.63) is 24.3 Å². The highest BCUT2D eigenvalue weighted by molar-refractivity contribution is 7.45. The molecule has 0 rings (SSSR count). The zero-order valence-corrected chi connectivity index (χ0v) is 59.2. The van der Waals surface area contributed by atoms with Crippen molar-refractivity contribution < 1.29 is 42.1 Å². The Balaban J connectivity index is 3.93. The molecule has 0 aliphatic carbocycles. The molecular formula is C76H148NO8P. The van der Waals surface area contributed by atoms with Crippen LogP contribution in [0.25, 0.3) is 0 Å². The number of likely N-dealkylation sites (N-methyl/N-ethyl adjacent to an activating group) is 1. The molecule has 10 heteroatoms. The van der Waals surface area contributed by atoms with Gasteiger partial charge < -0.3 is 27.9 Å². The summed E-state index contributed by atoms with van der Waals surface area (Å²) in [5, 5.41) is 0. The molecule has 0 aromatic rings. The molecule has 0 saturated carbocycles. The monoisotopic (exact) mass is 1230 g/mol. The van der Waals surface area contributed by atoms with E-state index in [1.54, 1.807) is 0 Å². The first-order valence-corrected chi connectivity index (χ1v) is 39.5. The number of esters is 2. The fourth-order valence-electron chi connectivity index (χ4n) is 11.6. The lowest BCUT2D eigenvalue weighted by Gasteiger charge is -2.28. The molecule has 0 aliphatic heterocycles. The number of hydrogen-bond donors (Lipinski definition) is 0. The highest BCUT2D eigenvalue weighted by Crippen LogP contribution is 2.38. The summed E-state index contributed by atoms with van der Waals surface area (Å²) < 4.78 is 34.4. The fourth-order valence-corrected chi connectivity index (χ4v) is 12.4. The Morgan fingerprint density at radius 1 is 0.360 bits per heavy atom. The standard InChI is InChI=1S/C76H148NO8P/c1-6-8-10-12-14-16-18-20-22-24-26-28-30-32-34-35-36-37-38-39-40-41-43-45-47-49-51-53-55-57-59-61-63-65-67-69-76(79)85-74(73-84-86(80,81)83-71-70-77(3,4)5)72-82-75(78)68-66-64-62-60-58-56-54-52-50-48-46-44-42-33-31-29-27-25-23-21-19-17-15-13-11-9-7-2/h18,20,24,26,74H,6-17,19,21-23,25,27-73H2,1-5H3/b20-18-,26-24-. The van der Waals surface area contributed by atoms with Crippen molar-refractivity contribution in [3.8, 4) is 0 Å². The second-order valence-electron chi connectivity index (χ2n) is 27.4. The molecule has 0 aromatic heterocycles. The first kappa shape index (κ1) is 84.5. The molecule has 0 fully saturated rings. The molecule has 0 amide bonds. The number of unbranched alkanes of at least 4 members (excludes halogenated alkanes) is 54. The van der Waals surface area contributed by atoms with Gasteiger partial charge in [0.2, 0.25) is 0 Å². The van der Waals surface area contributed by atoms with Crippen LogP contribution in [0.2, 0.25) is 0 Å². The molecule has 0 radical (unpaired) electrons. The number of quaternary nitrogens is 1. The van der Waals surface area contributed by atoms with Gasteiger partial charge in [-0.15, -0.1) is 0 Å². The summed E-state index contributed by atoms with van der Waals surface area (Å²) >= 11 is 0. The Bertz CT molecular complexity index is 1500. The Labute approximate surface area is 536 Å². The number of nitrogens with zero attached hydrogens (tertiary/aromatic N) is 1. The van der Waals surface area contributed by atoms with E-state index in [4.69, 9.17) is 18.5 Å². The Morgan fingerprint density at radius 2 is 0.628 bits per heavy atom. The van der Waals surface area contributed by atoms with Crippen LogP contribution in [-0.4, -0.2) is 70.0 Å². The number of allylic oxidation sites excluding steroid dienone is 4. The maximum Gasteiger partial charge on any atom is 0.306 e. The van der Waals surface area contributed by atoms with Crippen molar-refractivity contribution in [1.82, 2.24) is 0 Å². The fraction of sp³-hybridized carbons (Fsp3) is 0.921. The van der Waals surface area contributed by atoms with Crippen molar-refractivity contribution >= 4 is 19.8 Å². The largest absolute Gasteiger partial charge is 0.756 e. The topological polar surface area (TPSA) is 111 Å². The van der Waals surface area contributed by atoms with Crippen LogP contribution >= 0.6 is 7.82 Å². The summed E-state index contributed by atoms with van der Waals surface area (Å²) in [6.07, 6.45) is 85.8. The molecule has 0 spiro atoms. The maximum atomic E-state index is 12.9. The van der Waals surface area contributed by atoms with Gasteiger partial charge in [-0.1, -0.05) is 366 Å². The first-order valence-electron chi connectivity index (χ1n) is 38.0. The molecule has 0 bridgehead atoms. The van der Waals surface area contributed by atoms with Gasteiger partial charge in [-0.05, 0) is 44.9 Å². The van der Waals surface area contributed by atoms with Crippen LogP contribution in [0.15, 0.2) is 24.3 Å². The quantitative estimate of drug-likeness (QED) is 0.0195. The third-order valence-electron chi connectivity index (χ3n) is 17.5. The third-order valence-corrected chi connectivity index (χ3v) is 18.4. The van der Waals surface area contributed by atoms with Gasteiger partial charge in [-0.25, -0.2) is 0 Å². The summed E-state index contributed by atoms with van der Waals surface area (Å²) in [6.45, 7) is 4.32. The minimum absolute atomic E-state index is 0.0262. The van der Waals surface area contributed by atoms with Gasteiger partial charge in [0.15, 0.2) is 6.10 Å². The maximum absolute atomic E-state index is 12.9. The second-order valence-corrected chi connectivity index (χ2v) is 28.8. The summed E-state index contributed by atoms with van der Waals surface area (Å²) in [5.74, 6) is -0.805. The van der Waals surface area contributed by atoms with Crippen LogP contribution in [0.3, 0.4) is 0 Å². The average Bonchev–Trinajstić information content (AvgIpc) is 3.56. The number of carbonyl (C=O) groups excluding carboxylic acids is 2. The molecule has 2 unspecified atom stereocenters. The molecule has 2 atom stereocenters. The number of phosphoric acid groups is 1.